The maximum absolute atomic E-state index is 13.0. The standard InChI is InChI=1S/C17H28N2O2/c1-2-21-14-6-13(18)15(14)19-16(20)17-7-10-3-11(8-17)5-12(4-10)9-17/h10-15H,2-9,18H2,1H3,(H,19,20). The maximum Gasteiger partial charge on any atom is 0.226 e. The molecule has 5 fully saturated rings. The summed E-state index contributed by atoms with van der Waals surface area (Å²) in [6.45, 7) is 2.70. The van der Waals surface area contributed by atoms with Crippen molar-refractivity contribution in [1.29, 1.82) is 0 Å². The summed E-state index contributed by atoms with van der Waals surface area (Å²) in [5.41, 5.74) is 6.02. The Morgan fingerprint density at radius 3 is 2.19 bits per heavy atom. The zero-order valence-corrected chi connectivity index (χ0v) is 13.0. The number of amides is 1. The van der Waals surface area contributed by atoms with E-state index in [1.807, 2.05) is 6.92 Å². The molecular formula is C17H28N2O2. The first kappa shape index (κ1) is 14.0. The monoisotopic (exact) mass is 292 g/mol. The molecule has 3 unspecified atom stereocenters. The Hall–Kier alpha value is -0.610. The Labute approximate surface area is 127 Å². The van der Waals surface area contributed by atoms with E-state index >= 15 is 0 Å². The van der Waals surface area contributed by atoms with Gasteiger partial charge in [0.25, 0.3) is 0 Å². The second kappa shape index (κ2) is 4.95. The van der Waals surface area contributed by atoms with Gasteiger partial charge in [-0.3, -0.25) is 4.79 Å². The van der Waals surface area contributed by atoms with Gasteiger partial charge in [-0.2, -0.15) is 0 Å². The number of carbonyl (C=O) groups excluding carboxylic acids is 1. The molecule has 0 heterocycles. The third-order valence-electron chi connectivity index (χ3n) is 6.56. The van der Waals surface area contributed by atoms with Crippen molar-refractivity contribution in [3.63, 3.8) is 0 Å². The first-order valence-electron chi connectivity index (χ1n) is 8.78. The fraction of sp³-hybridized carbons (Fsp3) is 0.941. The minimum atomic E-state index is -0.0686. The van der Waals surface area contributed by atoms with Crippen LogP contribution >= 0.6 is 0 Å². The van der Waals surface area contributed by atoms with Crippen LogP contribution in [0.3, 0.4) is 0 Å². The van der Waals surface area contributed by atoms with Gasteiger partial charge in [-0.1, -0.05) is 0 Å². The fourth-order valence-electron chi connectivity index (χ4n) is 5.92. The van der Waals surface area contributed by atoms with Crippen LogP contribution in [0.2, 0.25) is 0 Å². The van der Waals surface area contributed by atoms with E-state index in [1.54, 1.807) is 0 Å². The van der Waals surface area contributed by atoms with Crippen LogP contribution in [0.15, 0.2) is 0 Å². The molecular weight excluding hydrogens is 264 g/mol. The van der Waals surface area contributed by atoms with Gasteiger partial charge in [0.2, 0.25) is 5.91 Å². The summed E-state index contributed by atoms with van der Waals surface area (Å²) in [6, 6.07) is 0.102. The highest BCUT2D eigenvalue weighted by atomic mass is 16.5. The Morgan fingerprint density at radius 2 is 1.71 bits per heavy atom. The summed E-state index contributed by atoms with van der Waals surface area (Å²) in [5, 5.41) is 3.27. The number of carbonyl (C=O) groups is 1. The summed E-state index contributed by atoms with van der Waals surface area (Å²) < 4.78 is 5.69. The molecule has 5 aliphatic carbocycles. The molecule has 4 heteroatoms. The molecule has 5 rings (SSSR count). The van der Waals surface area contributed by atoms with Crippen LogP contribution in [0.4, 0.5) is 0 Å². The molecule has 3 N–H and O–H groups in total. The van der Waals surface area contributed by atoms with Crippen LogP contribution in [0, 0.1) is 23.2 Å². The number of hydrogen-bond acceptors (Lipinski definition) is 3. The van der Waals surface area contributed by atoms with Crippen molar-refractivity contribution >= 4 is 5.91 Å². The largest absolute Gasteiger partial charge is 0.376 e. The minimum Gasteiger partial charge on any atom is -0.376 e. The zero-order chi connectivity index (χ0) is 14.6. The highest BCUT2D eigenvalue weighted by molar-refractivity contribution is 5.83. The Balaban J connectivity index is 1.45. The molecule has 4 bridgehead atoms. The predicted molar refractivity (Wildman–Crippen MR) is 80.5 cm³/mol. The van der Waals surface area contributed by atoms with Crippen LogP contribution in [-0.4, -0.2) is 30.7 Å². The Bertz CT molecular complexity index is 399. The molecule has 0 spiro atoms. The average Bonchev–Trinajstić information content (AvgIpc) is 2.43. The third kappa shape index (κ3) is 2.22. The van der Waals surface area contributed by atoms with Crippen molar-refractivity contribution in [2.75, 3.05) is 6.61 Å². The lowest BCUT2D eigenvalue weighted by molar-refractivity contribution is -0.150. The quantitative estimate of drug-likeness (QED) is 0.831. The highest BCUT2D eigenvalue weighted by Crippen LogP contribution is 2.60. The number of nitrogens with one attached hydrogen (secondary N) is 1. The molecule has 21 heavy (non-hydrogen) atoms. The molecule has 4 nitrogen and oxygen atoms in total. The topological polar surface area (TPSA) is 64.3 Å². The summed E-state index contributed by atoms with van der Waals surface area (Å²) in [4.78, 5) is 13.0. The smallest absolute Gasteiger partial charge is 0.226 e. The van der Waals surface area contributed by atoms with Crippen LogP contribution in [0.1, 0.15) is 51.9 Å². The molecule has 0 aromatic rings. The number of rotatable bonds is 4. The van der Waals surface area contributed by atoms with E-state index in [2.05, 4.69) is 5.32 Å². The minimum absolute atomic E-state index is 0.0328. The van der Waals surface area contributed by atoms with Crippen LogP contribution in [-0.2, 0) is 9.53 Å². The van der Waals surface area contributed by atoms with Crippen molar-refractivity contribution in [2.24, 2.45) is 28.9 Å². The SMILES string of the molecule is CCOC1CC(N)C1NC(=O)C12CC3CC(CC(C3)C1)C2. The van der Waals surface area contributed by atoms with E-state index in [0.717, 1.165) is 43.4 Å². The van der Waals surface area contributed by atoms with Crippen LogP contribution in [0.5, 0.6) is 0 Å². The Morgan fingerprint density at radius 1 is 1.14 bits per heavy atom. The van der Waals surface area contributed by atoms with Gasteiger partial charge < -0.3 is 15.8 Å². The molecule has 5 aliphatic rings. The lowest BCUT2D eigenvalue weighted by Crippen LogP contribution is -2.67. The second-order valence-electron chi connectivity index (χ2n) is 8.09. The van der Waals surface area contributed by atoms with Crippen LogP contribution < -0.4 is 11.1 Å². The van der Waals surface area contributed by atoms with Crippen molar-refractivity contribution in [3.8, 4) is 0 Å². The summed E-state index contributed by atoms with van der Waals surface area (Å²) in [5.74, 6) is 2.70. The molecule has 5 saturated carbocycles. The van der Waals surface area contributed by atoms with Gasteiger partial charge in [0.15, 0.2) is 0 Å². The first-order chi connectivity index (χ1) is 10.1. The molecule has 0 saturated heterocycles. The van der Waals surface area contributed by atoms with E-state index < -0.39 is 0 Å². The summed E-state index contributed by atoms with van der Waals surface area (Å²) in [6.07, 6.45) is 8.47. The molecule has 3 atom stereocenters. The highest BCUT2D eigenvalue weighted by Gasteiger charge is 2.55. The van der Waals surface area contributed by atoms with Gasteiger partial charge in [-0.15, -0.1) is 0 Å². The van der Waals surface area contributed by atoms with Gasteiger partial charge in [-0.25, -0.2) is 0 Å². The van der Waals surface area contributed by atoms with E-state index in [0.29, 0.717) is 6.61 Å². The molecule has 0 aliphatic heterocycles. The van der Waals surface area contributed by atoms with Gasteiger partial charge in [0.1, 0.15) is 0 Å². The number of ether oxygens (including phenoxy) is 1. The summed E-state index contributed by atoms with van der Waals surface area (Å²) in [7, 11) is 0. The summed E-state index contributed by atoms with van der Waals surface area (Å²) >= 11 is 0. The average molecular weight is 292 g/mol. The van der Waals surface area contributed by atoms with Gasteiger partial charge in [-0.05, 0) is 69.6 Å². The second-order valence-corrected chi connectivity index (χ2v) is 8.09. The van der Waals surface area contributed by atoms with Crippen molar-refractivity contribution < 1.29 is 9.53 Å². The van der Waals surface area contributed by atoms with Crippen molar-refractivity contribution in [2.45, 2.75) is 70.1 Å². The third-order valence-corrected chi connectivity index (χ3v) is 6.56. The van der Waals surface area contributed by atoms with E-state index in [4.69, 9.17) is 10.5 Å². The van der Waals surface area contributed by atoms with Gasteiger partial charge in [0.05, 0.1) is 12.1 Å². The molecule has 1 amide bonds. The normalized spacial score (nSPS) is 50.8. The van der Waals surface area contributed by atoms with Crippen LogP contribution in [0.25, 0.3) is 0 Å². The predicted octanol–water partition coefficient (Wildman–Crippen LogP) is 1.82. The maximum atomic E-state index is 13.0. The number of hydrogen-bond donors (Lipinski definition) is 2. The molecule has 0 radical (unpaired) electrons. The fourth-order valence-corrected chi connectivity index (χ4v) is 5.92. The van der Waals surface area contributed by atoms with Gasteiger partial charge in [0, 0.05) is 18.1 Å². The van der Waals surface area contributed by atoms with E-state index in [-0.39, 0.29) is 29.5 Å². The number of nitrogens with two attached hydrogens (primary N) is 1. The zero-order valence-electron chi connectivity index (χ0n) is 13.0. The van der Waals surface area contributed by atoms with Gasteiger partial charge >= 0.3 is 0 Å². The lowest BCUT2D eigenvalue weighted by Gasteiger charge is -2.56. The Kier molecular flexibility index (Phi) is 3.30. The van der Waals surface area contributed by atoms with Crippen molar-refractivity contribution in [1.82, 2.24) is 5.32 Å². The van der Waals surface area contributed by atoms with Crippen molar-refractivity contribution in [3.05, 3.63) is 0 Å². The first-order valence-corrected chi connectivity index (χ1v) is 8.78. The lowest BCUT2D eigenvalue weighted by atomic mass is 9.49. The molecule has 118 valence electrons. The van der Waals surface area contributed by atoms with E-state index in [1.165, 1.54) is 19.3 Å². The molecule has 0 aromatic carbocycles. The molecule has 0 aromatic heterocycles. The van der Waals surface area contributed by atoms with E-state index in [9.17, 15) is 4.79 Å².